The summed E-state index contributed by atoms with van der Waals surface area (Å²) in [6, 6.07) is 17.6. The van der Waals surface area contributed by atoms with E-state index in [9.17, 15) is 9.59 Å². The third-order valence-electron chi connectivity index (χ3n) is 5.09. The van der Waals surface area contributed by atoms with Crippen LogP contribution in [0.1, 0.15) is 45.7 Å². The summed E-state index contributed by atoms with van der Waals surface area (Å²) < 4.78 is 1.80. The molecule has 1 atom stereocenters. The minimum Gasteiger partial charge on any atom is -0.298 e. The van der Waals surface area contributed by atoms with Crippen molar-refractivity contribution < 1.29 is 4.79 Å². The van der Waals surface area contributed by atoms with Crippen molar-refractivity contribution in [2.75, 3.05) is 5.75 Å². The number of hydrogen-bond acceptors (Lipinski definition) is 4. The summed E-state index contributed by atoms with van der Waals surface area (Å²) >= 11 is 1.37. The second-order valence-corrected chi connectivity index (χ2v) is 9.24. The van der Waals surface area contributed by atoms with Crippen LogP contribution < -0.4 is 5.56 Å². The maximum atomic E-state index is 13.4. The molecule has 3 rings (SSSR count). The zero-order valence-electron chi connectivity index (χ0n) is 17.5. The number of hydrogen-bond donors (Lipinski definition) is 0. The lowest BCUT2D eigenvalue weighted by molar-refractivity contribution is -0.123. The van der Waals surface area contributed by atoms with Crippen LogP contribution in [0.3, 0.4) is 0 Å². The monoisotopic (exact) mass is 408 g/mol. The molecule has 0 fully saturated rings. The van der Waals surface area contributed by atoms with Crippen molar-refractivity contribution in [3.8, 4) is 0 Å². The number of Topliss-reactive ketones (excluding diaryl/α,β-unsaturated/α-hetero) is 1. The lowest BCUT2D eigenvalue weighted by Gasteiger charge is -2.23. The molecule has 0 aliphatic heterocycles. The summed E-state index contributed by atoms with van der Waals surface area (Å²) in [6.07, 6.45) is 1.55. The van der Waals surface area contributed by atoms with E-state index in [4.69, 9.17) is 4.98 Å². The van der Waals surface area contributed by atoms with Gasteiger partial charge in [0.05, 0.1) is 16.7 Å². The molecule has 3 aromatic rings. The first-order chi connectivity index (χ1) is 13.8. The van der Waals surface area contributed by atoms with Gasteiger partial charge in [0.25, 0.3) is 5.56 Å². The summed E-state index contributed by atoms with van der Waals surface area (Å²) in [6.45, 7) is 7.84. The van der Waals surface area contributed by atoms with E-state index in [1.165, 1.54) is 17.3 Å². The number of carbonyl (C=O) groups excluding carboxylic acids is 1. The second-order valence-electron chi connectivity index (χ2n) is 8.30. The Bertz CT molecular complexity index is 1050. The highest BCUT2D eigenvalue weighted by Gasteiger charge is 2.24. The fraction of sp³-hybridized carbons (Fsp3) is 0.375. The van der Waals surface area contributed by atoms with Gasteiger partial charge in [0.2, 0.25) is 0 Å². The fourth-order valence-corrected chi connectivity index (χ4v) is 4.43. The average molecular weight is 409 g/mol. The Kier molecular flexibility index (Phi) is 6.58. The highest BCUT2D eigenvalue weighted by molar-refractivity contribution is 7.99. The third kappa shape index (κ3) is 4.96. The third-order valence-corrected chi connectivity index (χ3v) is 6.05. The van der Waals surface area contributed by atoms with E-state index in [-0.39, 0.29) is 17.4 Å². The molecule has 0 N–H and O–H groups in total. The van der Waals surface area contributed by atoms with Crippen molar-refractivity contribution in [3.05, 3.63) is 70.5 Å². The molecule has 5 heteroatoms. The first-order valence-electron chi connectivity index (χ1n) is 10.0. The van der Waals surface area contributed by atoms with E-state index in [0.717, 1.165) is 12.8 Å². The van der Waals surface area contributed by atoms with Gasteiger partial charge in [0.15, 0.2) is 5.16 Å². The molecule has 1 aromatic heterocycles. The summed E-state index contributed by atoms with van der Waals surface area (Å²) in [5.74, 6) is 0.448. The van der Waals surface area contributed by atoms with Crippen molar-refractivity contribution in [1.82, 2.24) is 9.55 Å². The minimum absolute atomic E-state index is 0.0192. The minimum atomic E-state index is -0.414. The molecule has 1 unspecified atom stereocenters. The predicted octanol–water partition coefficient (Wildman–Crippen LogP) is 5.30. The maximum Gasteiger partial charge on any atom is 0.262 e. The summed E-state index contributed by atoms with van der Waals surface area (Å²) in [5, 5.41) is 1.24. The van der Waals surface area contributed by atoms with Crippen LogP contribution in [0.5, 0.6) is 0 Å². The number of nitrogens with zero attached hydrogens (tertiary/aromatic N) is 2. The number of rotatable bonds is 7. The number of fused-ring (bicyclic) bond motifs is 1. The molecule has 4 nitrogen and oxygen atoms in total. The Morgan fingerprint density at radius 2 is 1.72 bits per heavy atom. The van der Waals surface area contributed by atoms with Crippen LogP contribution in [0.15, 0.2) is 64.5 Å². The van der Waals surface area contributed by atoms with Gasteiger partial charge in [0.1, 0.15) is 5.78 Å². The Labute approximate surface area is 176 Å². The maximum absolute atomic E-state index is 13.4. The Balaban J connectivity index is 2.05. The molecule has 0 aliphatic carbocycles. The van der Waals surface area contributed by atoms with Gasteiger partial charge in [-0.1, -0.05) is 81.9 Å². The van der Waals surface area contributed by atoms with Crippen molar-refractivity contribution in [2.24, 2.45) is 5.41 Å². The van der Waals surface area contributed by atoms with Gasteiger partial charge in [-0.15, -0.1) is 0 Å². The van der Waals surface area contributed by atoms with Crippen molar-refractivity contribution in [3.63, 3.8) is 0 Å². The summed E-state index contributed by atoms with van der Waals surface area (Å²) in [5.41, 5.74) is 1.41. The zero-order valence-corrected chi connectivity index (χ0v) is 18.3. The molecule has 0 spiro atoms. The standard InChI is InChI=1S/C24H28N2O2S/c1-5-18(15-17-11-7-6-8-12-17)26-22(28)19-13-9-10-14-20(19)25-23(26)29-16-21(27)24(2,3)4/h6-14,18H,5,15-16H2,1-4H3. The molecule has 0 bridgehead atoms. The Morgan fingerprint density at radius 1 is 1.07 bits per heavy atom. The first kappa shape index (κ1) is 21.3. The van der Waals surface area contributed by atoms with Crippen LogP contribution in [0.4, 0.5) is 0 Å². The molecular weight excluding hydrogens is 380 g/mol. The second kappa shape index (κ2) is 8.95. The van der Waals surface area contributed by atoms with Crippen LogP contribution >= 0.6 is 11.8 Å². The lowest BCUT2D eigenvalue weighted by atomic mass is 9.92. The van der Waals surface area contributed by atoms with E-state index < -0.39 is 5.41 Å². The number of thioether (sulfide) groups is 1. The number of aromatic nitrogens is 2. The van der Waals surface area contributed by atoms with E-state index in [0.29, 0.717) is 21.8 Å². The van der Waals surface area contributed by atoms with Gasteiger partial charge in [-0.2, -0.15) is 0 Å². The number of benzene rings is 2. The first-order valence-corrected chi connectivity index (χ1v) is 11.0. The van der Waals surface area contributed by atoms with Crippen LogP contribution in [-0.4, -0.2) is 21.1 Å². The van der Waals surface area contributed by atoms with Gasteiger partial charge in [-0.05, 0) is 30.5 Å². The molecule has 152 valence electrons. The van der Waals surface area contributed by atoms with Gasteiger partial charge in [0, 0.05) is 11.5 Å². The van der Waals surface area contributed by atoms with Crippen LogP contribution in [-0.2, 0) is 11.2 Å². The van der Waals surface area contributed by atoms with Gasteiger partial charge < -0.3 is 0 Å². The van der Waals surface area contributed by atoms with Crippen LogP contribution in [0.2, 0.25) is 0 Å². The molecule has 29 heavy (non-hydrogen) atoms. The van der Waals surface area contributed by atoms with E-state index in [2.05, 4.69) is 19.1 Å². The van der Waals surface area contributed by atoms with Crippen LogP contribution in [0, 0.1) is 5.41 Å². The van der Waals surface area contributed by atoms with Gasteiger partial charge >= 0.3 is 0 Å². The molecule has 0 aliphatic rings. The molecule has 0 amide bonds. The van der Waals surface area contributed by atoms with Gasteiger partial charge in [-0.25, -0.2) is 4.98 Å². The van der Waals surface area contributed by atoms with Gasteiger partial charge in [-0.3, -0.25) is 14.2 Å². The summed E-state index contributed by atoms with van der Waals surface area (Å²) in [7, 11) is 0. The average Bonchev–Trinajstić information content (AvgIpc) is 2.71. The van der Waals surface area contributed by atoms with Crippen molar-refractivity contribution in [2.45, 2.75) is 51.7 Å². The number of ketones is 1. The summed E-state index contributed by atoms with van der Waals surface area (Å²) in [4.78, 5) is 30.7. The SMILES string of the molecule is CCC(Cc1ccccc1)n1c(SCC(=O)C(C)(C)C)nc2ccccc2c1=O. The van der Waals surface area contributed by atoms with Crippen LogP contribution in [0.25, 0.3) is 10.9 Å². The topological polar surface area (TPSA) is 52.0 Å². The quantitative estimate of drug-likeness (QED) is 0.393. The van der Waals surface area contributed by atoms with Crippen molar-refractivity contribution in [1.29, 1.82) is 0 Å². The largest absolute Gasteiger partial charge is 0.298 e. The molecule has 2 aromatic carbocycles. The Hall–Kier alpha value is -2.40. The number of carbonyl (C=O) groups is 1. The fourth-order valence-electron chi connectivity index (χ4n) is 3.20. The Morgan fingerprint density at radius 3 is 2.38 bits per heavy atom. The number of para-hydroxylation sites is 1. The lowest BCUT2D eigenvalue weighted by Crippen LogP contribution is -2.29. The highest BCUT2D eigenvalue weighted by Crippen LogP contribution is 2.27. The molecule has 0 saturated carbocycles. The molecular formula is C24H28N2O2S. The van der Waals surface area contributed by atoms with E-state index >= 15 is 0 Å². The van der Waals surface area contributed by atoms with E-state index in [1.54, 1.807) is 4.57 Å². The normalized spacial score (nSPS) is 12.8. The molecule has 0 radical (unpaired) electrons. The van der Waals surface area contributed by atoms with Crippen molar-refractivity contribution >= 4 is 28.4 Å². The predicted molar refractivity (Wildman–Crippen MR) is 121 cm³/mol. The van der Waals surface area contributed by atoms with E-state index in [1.807, 2.05) is 63.2 Å². The smallest absolute Gasteiger partial charge is 0.262 e. The zero-order chi connectivity index (χ0) is 21.0. The highest BCUT2D eigenvalue weighted by atomic mass is 32.2. The molecule has 0 saturated heterocycles. The molecule has 1 heterocycles.